The zero-order valence-corrected chi connectivity index (χ0v) is 11.3. The summed E-state index contributed by atoms with van der Waals surface area (Å²) in [6.45, 7) is 6.24. The summed E-state index contributed by atoms with van der Waals surface area (Å²) in [4.78, 5) is 2.49. The smallest absolute Gasteiger partial charge is 0.123 e. The van der Waals surface area contributed by atoms with Crippen molar-refractivity contribution >= 4 is 0 Å². The molecule has 0 spiro atoms. The van der Waals surface area contributed by atoms with Gasteiger partial charge in [0.2, 0.25) is 0 Å². The minimum absolute atomic E-state index is 0.171. The van der Waals surface area contributed by atoms with Crippen molar-refractivity contribution in [3.8, 4) is 0 Å². The van der Waals surface area contributed by atoms with E-state index in [0.717, 1.165) is 6.54 Å². The topological polar surface area (TPSA) is 29.3 Å². The third-order valence-electron chi connectivity index (χ3n) is 3.97. The van der Waals surface area contributed by atoms with Crippen LogP contribution in [0.2, 0.25) is 0 Å². The quantitative estimate of drug-likeness (QED) is 0.893. The molecule has 0 bridgehead atoms. The van der Waals surface area contributed by atoms with Crippen LogP contribution in [0.3, 0.4) is 0 Å². The molecule has 1 heterocycles. The molecular formula is C15H23FN2. The molecule has 3 heteroatoms. The van der Waals surface area contributed by atoms with Gasteiger partial charge in [-0.1, -0.05) is 12.1 Å². The molecule has 0 radical (unpaired) electrons. The molecule has 2 atom stereocenters. The first kappa shape index (κ1) is 13.5. The Labute approximate surface area is 109 Å². The molecule has 1 aliphatic heterocycles. The Morgan fingerprint density at radius 3 is 2.56 bits per heavy atom. The summed E-state index contributed by atoms with van der Waals surface area (Å²) in [5, 5.41) is 0. The summed E-state index contributed by atoms with van der Waals surface area (Å²) in [5.74, 6) is 0.307. The molecule has 1 saturated heterocycles. The van der Waals surface area contributed by atoms with Gasteiger partial charge in [0.1, 0.15) is 5.82 Å². The Morgan fingerprint density at radius 2 is 2.00 bits per heavy atom. The third kappa shape index (κ3) is 2.73. The Bertz CT molecular complexity index is 375. The van der Waals surface area contributed by atoms with E-state index in [2.05, 4.69) is 18.7 Å². The van der Waals surface area contributed by atoms with Gasteiger partial charge in [-0.25, -0.2) is 4.39 Å². The van der Waals surface area contributed by atoms with E-state index in [1.807, 2.05) is 12.1 Å². The molecule has 2 nitrogen and oxygen atoms in total. The first-order valence-electron chi connectivity index (χ1n) is 6.84. The number of hydrogen-bond donors (Lipinski definition) is 1. The van der Waals surface area contributed by atoms with Crippen molar-refractivity contribution in [2.24, 2.45) is 11.7 Å². The molecule has 18 heavy (non-hydrogen) atoms. The van der Waals surface area contributed by atoms with Crippen LogP contribution in [-0.4, -0.2) is 24.0 Å². The fraction of sp³-hybridized carbons (Fsp3) is 0.600. The van der Waals surface area contributed by atoms with Crippen molar-refractivity contribution < 1.29 is 4.39 Å². The standard InChI is InChI=1S/C15H23FN2/c1-11(2)18-9-3-4-13(10-17)15(18)12-5-7-14(16)8-6-12/h5-8,11,13,15H,3-4,9-10,17H2,1-2H3. The molecule has 1 aromatic rings. The van der Waals surface area contributed by atoms with Crippen LogP contribution < -0.4 is 5.73 Å². The maximum atomic E-state index is 13.1. The first-order chi connectivity index (χ1) is 8.63. The van der Waals surface area contributed by atoms with Crippen LogP contribution in [0.5, 0.6) is 0 Å². The number of likely N-dealkylation sites (tertiary alicyclic amines) is 1. The van der Waals surface area contributed by atoms with E-state index >= 15 is 0 Å². The van der Waals surface area contributed by atoms with Crippen LogP contribution in [0.15, 0.2) is 24.3 Å². The Morgan fingerprint density at radius 1 is 1.33 bits per heavy atom. The molecule has 1 fully saturated rings. The average molecular weight is 250 g/mol. The number of nitrogens with zero attached hydrogens (tertiary/aromatic N) is 1. The van der Waals surface area contributed by atoms with Gasteiger partial charge in [0.25, 0.3) is 0 Å². The molecule has 0 aliphatic carbocycles. The highest BCUT2D eigenvalue weighted by Crippen LogP contribution is 2.36. The molecule has 2 N–H and O–H groups in total. The summed E-state index contributed by atoms with van der Waals surface area (Å²) < 4.78 is 13.1. The Hall–Kier alpha value is -0.930. The van der Waals surface area contributed by atoms with E-state index in [1.54, 1.807) is 12.1 Å². The fourth-order valence-corrected chi connectivity index (χ4v) is 3.05. The molecule has 0 aromatic heterocycles. The summed E-state index contributed by atoms with van der Waals surface area (Å²) in [5.41, 5.74) is 7.12. The summed E-state index contributed by atoms with van der Waals surface area (Å²) >= 11 is 0. The van der Waals surface area contributed by atoms with Gasteiger partial charge in [0.05, 0.1) is 0 Å². The van der Waals surface area contributed by atoms with E-state index in [-0.39, 0.29) is 5.82 Å². The third-order valence-corrected chi connectivity index (χ3v) is 3.97. The van der Waals surface area contributed by atoms with Crippen LogP contribution in [0.25, 0.3) is 0 Å². The first-order valence-corrected chi connectivity index (χ1v) is 6.84. The number of rotatable bonds is 3. The highest BCUT2D eigenvalue weighted by Gasteiger charge is 2.32. The van der Waals surface area contributed by atoms with E-state index < -0.39 is 0 Å². The van der Waals surface area contributed by atoms with Crippen LogP contribution in [0.4, 0.5) is 4.39 Å². The van der Waals surface area contributed by atoms with E-state index in [4.69, 9.17) is 5.73 Å². The molecule has 2 rings (SSSR count). The number of piperidine rings is 1. The maximum Gasteiger partial charge on any atom is 0.123 e. The molecule has 2 unspecified atom stereocenters. The molecule has 1 aromatic carbocycles. The largest absolute Gasteiger partial charge is 0.330 e. The maximum absolute atomic E-state index is 13.1. The normalized spacial score (nSPS) is 25.6. The highest BCUT2D eigenvalue weighted by molar-refractivity contribution is 5.21. The van der Waals surface area contributed by atoms with Crippen LogP contribution in [0, 0.1) is 11.7 Å². The lowest BCUT2D eigenvalue weighted by molar-refractivity contribution is 0.0665. The van der Waals surface area contributed by atoms with Gasteiger partial charge < -0.3 is 5.73 Å². The highest BCUT2D eigenvalue weighted by atomic mass is 19.1. The van der Waals surface area contributed by atoms with Crippen molar-refractivity contribution in [1.29, 1.82) is 0 Å². The van der Waals surface area contributed by atoms with Crippen LogP contribution in [-0.2, 0) is 0 Å². The molecule has 0 saturated carbocycles. The summed E-state index contributed by atoms with van der Waals surface area (Å²) in [6.07, 6.45) is 2.37. The monoisotopic (exact) mass is 250 g/mol. The van der Waals surface area contributed by atoms with Crippen LogP contribution in [0.1, 0.15) is 38.3 Å². The predicted octanol–water partition coefficient (Wildman–Crippen LogP) is 2.95. The van der Waals surface area contributed by atoms with Crippen molar-refractivity contribution in [1.82, 2.24) is 4.90 Å². The summed E-state index contributed by atoms with van der Waals surface area (Å²) in [7, 11) is 0. The fourth-order valence-electron chi connectivity index (χ4n) is 3.05. The number of halogens is 1. The van der Waals surface area contributed by atoms with Crippen molar-refractivity contribution in [3.05, 3.63) is 35.6 Å². The van der Waals surface area contributed by atoms with Gasteiger partial charge in [0, 0.05) is 12.1 Å². The minimum Gasteiger partial charge on any atom is -0.330 e. The van der Waals surface area contributed by atoms with Gasteiger partial charge in [-0.3, -0.25) is 4.90 Å². The van der Waals surface area contributed by atoms with E-state index in [9.17, 15) is 4.39 Å². The zero-order chi connectivity index (χ0) is 13.1. The number of benzene rings is 1. The van der Waals surface area contributed by atoms with Crippen molar-refractivity contribution in [2.75, 3.05) is 13.1 Å². The minimum atomic E-state index is -0.171. The lowest BCUT2D eigenvalue weighted by atomic mass is 9.84. The second kappa shape index (κ2) is 5.81. The van der Waals surface area contributed by atoms with Gasteiger partial charge in [0.15, 0.2) is 0 Å². The number of nitrogens with two attached hydrogens (primary N) is 1. The number of hydrogen-bond acceptors (Lipinski definition) is 2. The lowest BCUT2D eigenvalue weighted by Crippen LogP contribution is -2.44. The zero-order valence-electron chi connectivity index (χ0n) is 11.3. The average Bonchev–Trinajstić information content (AvgIpc) is 2.38. The van der Waals surface area contributed by atoms with Crippen LogP contribution >= 0.6 is 0 Å². The molecule has 100 valence electrons. The molecule has 0 amide bonds. The predicted molar refractivity (Wildman–Crippen MR) is 72.8 cm³/mol. The SMILES string of the molecule is CC(C)N1CCCC(CN)C1c1ccc(F)cc1. The Kier molecular flexibility index (Phi) is 4.36. The molecular weight excluding hydrogens is 227 g/mol. The second-order valence-electron chi connectivity index (χ2n) is 5.47. The van der Waals surface area contributed by atoms with Crippen molar-refractivity contribution in [2.45, 2.75) is 38.8 Å². The molecule has 1 aliphatic rings. The second-order valence-corrected chi connectivity index (χ2v) is 5.47. The van der Waals surface area contributed by atoms with Crippen molar-refractivity contribution in [3.63, 3.8) is 0 Å². The summed E-state index contributed by atoms with van der Waals surface area (Å²) in [6, 6.07) is 7.75. The van der Waals surface area contributed by atoms with E-state index in [0.29, 0.717) is 24.5 Å². The van der Waals surface area contributed by atoms with Gasteiger partial charge in [-0.2, -0.15) is 0 Å². The van der Waals surface area contributed by atoms with Gasteiger partial charge >= 0.3 is 0 Å². The van der Waals surface area contributed by atoms with E-state index in [1.165, 1.54) is 18.4 Å². The lowest BCUT2D eigenvalue weighted by Gasteiger charge is -2.43. The van der Waals surface area contributed by atoms with Gasteiger partial charge in [-0.15, -0.1) is 0 Å². The van der Waals surface area contributed by atoms with Gasteiger partial charge in [-0.05, 0) is 63.4 Å². The Balaban J connectivity index is 2.30.